The van der Waals surface area contributed by atoms with Crippen molar-refractivity contribution >= 4 is 27.3 Å². The zero-order valence-corrected chi connectivity index (χ0v) is 18.5. The van der Waals surface area contributed by atoms with E-state index in [0.29, 0.717) is 0 Å². The van der Waals surface area contributed by atoms with Crippen molar-refractivity contribution in [3.05, 3.63) is 58.2 Å². The molecule has 28 heavy (non-hydrogen) atoms. The van der Waals surface area contributed by atoms with Gasteiger partial charge in [0, 0.05) is 0 Å². The van der Waals surface area contributed by atoms with Crippen LogP contribution in [0.3, 0.4) is 0 Å². The molecule has 0 amide bonds. The van der Waals surface area contributed by atoms with Crippen molar-refractivity contribution in [2.75, 3.05) is 0 Å². The summed E-state index contributed by atoms with van der Waals surface area (Å²) in [5.41, 5.74) is 5.43. The van der Waals surface area contributed by atoms with Crippen LogP contribution >= 0.6 is 15.2 Å². The van der Waals surface area contributed by atoms with E-state index in [-0.39, 0.29) is 0 Å². The molecule has 1 rings (SSSR count). The number of aryl methyl sites for hydroxylation is 1. The number of rotatable bonds is 9. The number of allylic oxidation sites excluding steroid dienone is 4. The molecule has 0 heterocycles. The van der Waals surface area contributed by atoms with Crippen LogP contribution in [0.2, 0.25) is 0 Å². The first-order chi connectivity index (χ1) is 12.8. The van der Waals surface area contributed by atoms with E-state index in [1.807, 2.05) is 25.1 Å². The van der Waals surface area contributed by atoms with Gasteiger partial charge in [0.15, 0.2) is 5.40 Å². The maximum absolute atomic E-state index is 11.3. The van der Waals surface area contributed by atoms with Gasteiger partial charge >= 0.3 is 15.2 Å². The summed E-state index contributed by atoms with van der Waals surface area (Å²) in [5.74, 6) is 0. The Labute approximate surface area is 167 Å². The molecule has 0 spiro atoms. The molecule has 0 saturated carbocycles. The van der Waals surface area contributed by atoms with Gasteiger partial charge in [0.2, 0.25) is 0 Å². The Kier molecular flexibility index (Phi) is 9.29. The van der Waals surface area contributed by atoms with E-state index in [1.165, 1.54) is 17.2 Å². The Morgan fingerprint density at radius 3 is 2.18 bits per heavy atom. The highest BCUT2D eigenvalue weighted by atomic mass is 31.2. The molecular formula is C20H30O6P2. The zero-order valence-electron chi connectivity index (χ0n) is 16.7. The highest BCUT2D eigenvalue weighted by molar-refractivity contribution is 7.70. The fraction of sp³-hybridized carbons (Fsp3) is 0.400. The van der Waals surface area contributed by atoms with Crippen LogP contribution in [0.15, 0.2) is 41.5 Å². The van der Waals surface area contributed by atoms with Crippen LogP contribution in [0.5, 0.6) is 0 Å². The van der Waals surface area contributed by atoms with Crippen molar-refractivity contribution in [2.24, 2.45) is 0 Å². The minimum Gasteiger partial charge on any atom is -0.324 e. The number of benzene rings is 1. The van der Waals surface area contributed by atoms with Crippen LogP contribution in [0, 0.1) is 6.92 Å². The molecule has 1 aromatic rings. The summed E-state index contributed by atoms with van der Waals surface area (Å²) < 4.78 is 22.6. The van der Waals surface area contributed by atoms with Gasteiger partial charge in [0.25, 0.3) is 0 Å². The summed E-state index contributed by atoms with van der Waals surface area (Å²) in [6, 6.07) is 5.83. The van der Waals surface area contributed by atoms with Crippen LogP contribution in [0.1, 0.15) is 56.7 Å². The van der Waals surface area contributed by atoms with Gasteiger partial charge in [-0.25, -0.2) is 0 Å². The molecule has 0 aromatic heterocycles. The first kappa shape index (κ1) is 24.8. The van der Waals surface area contributed by atoms with Crippen LogP contribution < -0.4 is 0 Å². The van der Waals surface area contributed by atoms with Gasteiger partial charge in [-0.05, 0) is 63.6 Å². The van der Waals surface area contributed by atoms with Gasteiger partial charge in [-0.1, -0.05) is 53.6 Å². The molecule has 0 saturated heterocycles. The van der Waals surface area contributed by atoms with Crippen molar-refractivity contribution in [1.29, 1.82) is 0 Å². The standard InChI is InChI=1S/C20H30O6P2/c1-15(2)7-5-8-16(3)13-18-11-12-19(17(4)14-18)9-6-10-20(27(21,22)23)28(24,25)26/h6-7,9,11-14,20H,5,8,10H2,1-4H3,(H2,21,22,23)(H2,24,25,26)/b9-6+,16-13+. The second-order valence-electron chi connectivity index (χ2n) is 7.22. The van der Waals surface area contributed by atoms with Crippen molar-refractivity contribution in [3.63, 3.8) is 0 Å². The van der Waals surface area contributed by atoms with Crippen molar-refractivity contribution in [3.8, 4) is 0 Å². The first-order valence-corrected chi connectivity index (χ1v) is 12.3. The third kappa shape index (κ3) is 8.83. The predicted molar refractivity (Wildman–Crippen MR) is 115 cm³/mol. The Morgan fingerprint density at radius 1 is 1.07 bits per heavy atom. The fourth-order valence-corrected chi connectivity index (χ4v) is 5.07. The molecule has 0 radical (unpaired) electrons. The SMILES string of the molecule is CC(C)=CCC/C(C)=C/c1ccc(/C=C/CC(P(=O)(O)O)P(=O)(O)O)c(C)c1. The number of hydrogen-bond acceptors (Lipinski definition) is 2. The molecule has 0 unspecified atom stereocenters. The lowest BCUT2D eigenvalue weighted by Crippen LogP contribution is -2.07. The quantitative estimate of drug-likeness (QED) is 0.316. The lowest BCUT2D eigenvalue weighted by molar-refractivity contribution is 0.339. The smallest absolute Gasteiger partial charge is 0.324 e. The molecule has 8 heteroatoms. The van der Waals surface area contributed by atoms with Crippen LogP contribution in [-0.2, 0) is 9.13 Å². The molecule has 0 aliphatic rings. The Bertz CT molecular complexity index is 831. The van der Waals surface area contributed by atoms with Gasteiger partial charge < -0.3 is 19.6 Å². The van der Waals surface area contributed by atoms with Gasteiger partial charge in [-0.2, -0.15) is 0 Å². The average Bonchev–Trinajstić information content (AvgIpc) is 2.50. The largest absolute Gasteiger partial charge is 0.341 e. The normalized spacial score (nSPS) is 13.4. The Morgan fingerprint density at radius 2 is 1.68 bits per heavy atom. The molecule has 156 valence electrons. The highest BCUT2D eigenvalue weighted by Gasteiger charge is 2.42. The van der Waals surface area contributed by atoms with E-state index in [0.717, 1.165) is 29.5 Å². The third-order valence-corrected chi connectivity index (χ3v) is 8.00. The van der Waals surface area contributed by atoms with E-state index in [4.69, 9.17) is 19.6 Å². The lowest BCUT2D eigenvalue weighted by atomic mass is 10.0. The molecule has 0 fully saturated rings. The minimum absolute atomic E-state index is 0.404. The topological polar surface area (TPSA) is 115 Å². The van der Waals surface area contributed by atoms with E-state index in [9.17, 15) is 9.13 Å². The van der Waals surface area contributed by atoms with E-state index in [2.05, 4.69) is 32.9 Å². The second-order valence-corrected chi connectivity index (χ2v) is 11.2. The molecule has 0 aliphatic heterocycles. The van der Waals surface area contributed by atoms with Crippen LogP contribution in [0.4, 0.5) is 0 Å². The first-order valence-electron chi connectivity index (χ1n) is 8.99. The Hall–Kier alpha value is -1.26. The maximum atomic E-state index is 11.3. The van der Waals surface area contributed by atoms with E-state index < -0.39 is 27.0 Å². The maximum Gasteiger partial charge on any atom is 0.341 e. The van der Waals surface area contributed by atoms with Gasteiger partial charge in [0.05, 0.1) is 0 Å². The Balaban J connectivity index is 2.87. The molecule has 6 nitrogen and oxygen atoms in total. The average molecular weight is 428 g/mol. The third-order valence-electron chi connectivity index (χ3n) is 4.22. The molecule has 1 aromatic carbocycles. The molecule has 0 bridgehead atoms. The monoisotopic (exact) mass is 428 g/mol. The van der Waals surface area contributed by atoms with E-state index in [1.54, 1.807) is 6.08 Å². The fourth-order valence-electron chi connectivity index (χ4n) is 2.71. The molecule has 4 N–H and O–H groups in total. The van der Waals surface area contributed by atoms with Crippen LogP contribution in [0.25, 0.3) is 12.2 Å². The highest BCUT2D eigenvalue weighted by Crippen LogP contribution is 2.61. The van der Waals surface area contributed by atoms with Crippen molar-refractivity contribution in [1.82, 2.24) is 0 Å². The zero-order chi connectivity index (χ0) is 21.5. The summed E-state index contributed by atoms with van der Waals surface area (Å²) in [4.78, 5) is 36.6. The predicted octanol–water partition coefficient (Wildman–Crippen LogP) is 5.23. The molecule has 0 atom stereocenters. The van der Waals surface area contributed by atoms with Gasteiger partial charge in [-0.15, -0.1) is 0 Å². The van der Waals surface area contributed by atoms with Crippen LogP contribution in [-0.4, -0.2) is 25.0 Å². The summed E-state index contributed by atoms with van der Waals surface area (Å²) in [6.45, 7) is 8.17. The summed E-state index contributed by atoms with van der Waals surface area (Å²) in [5, 5.41) is -2.01. The van der Waals surface area contributed by atoms with Crippen molar-refractivity contribution in [2.45, 2.75) is 52.4 Å². The van der Waals surface area contributed by atoms with Gasteiger partial charge in [-0.3, -0.25) is 9.13 Å². The second kappa shape index (κ2) is 10.5. The summed E-state index contributed by atoms with van der Waals surface area (Å²) >= 11 is 0. The van der Waals surface area contributed by atoms with Crippen molar-refractivity contribution < 1.29 is 28.7 Å². The molecule has 0 aliphatic carbocycles. The minimum atomic E-state index is -4.90. The molecular weight excluding hydrogens is 398 g/mol. The number of hydrogen-bond donors (Lipinski definition) is 4. The lowest BCUT2D eigenvalue weighted by Gasteiger charge is -2.17. The van der Waals surface area contributed by atoms with E-state index >= 15 is 0 Å². The van der Waals surface area contributed by atoms with Gasteiger partial charge in [0.1, 0.15) is 0 Å². The summed E-state index contributed by atoms with van der Waals surface area (Å²) in [7, 11) is -9.79. The summed E-state index contributed by atoms with van der Waals surface area (Å²) in [6.07, 6.45) is 8.94.